The molecular weight excluding hydrogens is 410 g/mol. The summed E-state index contributed by atoms with van der Waals surface area (Å²) in [5, 5.41) is 15.8. The van der Waals surface area contributed by atoms with Crippen molar-refractivity contribution in [3.05, 3.63) is 53.7 Å². The molecule has 0 amide bonds. The average Bonchev–Trinajstić information content (AvgIpc) is 3.20. The summed E-state index contributed by atoms with van der Waals surface area (Å²) < 4.78 is 6.38. The lowest BCUT2D eigenvalue weighted by Gasteiger charge is -2.11. The van der Waals surface area contributed by atoms with Gasteiger partial charge in [-0.3, -0.25) is 0 Å². The summed E-state index contributed by atoms with van der Waals surface area (Å²) in [4.78, 5) is 11.4. The number of likely N-dealkylation sites (N-methyl/N-ethyl adjacent to an activating group) is 1. The standard InChI is InChI=1S/C22H25N7OS/c1-29(2)11-10-23-16-6-4-15(5-7-16)19-13-25-28-22(27-19)24-14-21-26-18-12-17(30-3)8-9-20(18)31-21/h4-9,12-13,23H,10-11,14H2,1-3H3,(H,24,27,28). The molecule has 0 saturated heterocycles. The van der Waals surface area contributed by atoms with E-state index >= 15 is 0 Å². The van der Waals surface area contributed by atoms with Crippen molar-refractivity contribution in [3.8, 4) is 17.0 Å². The van der Waals surface area contributed by atoms with Crippen LogP contribution in [0.5, 0.6) is 5.75 Å². The third-order valence-corrected chi connectivity index (χ3v) is 5.70. The van der Waals surface area contributed by atoms with Crippen molar-refractivity contribution in [1.29, 1.82) is 0 Å². The van der Waals surface area contributed by atoms with E-state index < -0.39 is 0 Å². The molecule has 4 rings (SSSR count). The Bertz CT molecular complexity index is 1140. The first-order valence-electron chi connectivity index (χ1n) is 9.97. The molecule has 2 heterocycles. The molecule has 0 atom stereocenters. The van der Waals surface area contributed by atoms with Gasteiger partial charge in [0.1, 0.15) is 10.8 Å². The van der Waals surface area contributed by atoms with Gasteiger partial charge in [-0.2, -0.15) is 5.10 Å². The molecule has 2 aromatic carbocycles. The highest BCUT2D eigenvalue weighted by atomic mass is 32.1. The Morgan fingerprint density at radius 1 is 1.03 bits per heavy atom. The van der Waals surface area contributed by atoms with Crippen LogP contribution in [0.4, 0.5) is 11.6 Å². The number of nitrogens with one attached hydrogen (secondary N) is 2. The Kier molecular flexibility index (Phi) is 6.54. The van der Waals surface area contributed by atoms with E-state index in [0.29, 0.717) is 12.5 Å². The fraction of sp³-hybridized carbons (Fsp3) is 0.273. The molecule has 0 aliphatic carbocycles. The maximum Gasteiger partial charge on any atom is 0.243 e. The number of hydrogen-bond acceptors (Lipinski definition) is 9. The van der Waals surface area contributed by atoms with Crippen molar-refractivity contribution in [2.75, 3.05) is 44.9 Å². The first kappa shape index (κ1) is 21.0. The fourth-order valence-corrected chi connectivity index (χ4v) is 3.90. The Morgan fingerprint density at radius 3 is 2.65 bits per heavy atom. The summed E-state index contributed by atoms with van der Waals surface area (Å²) in [6, 6.07) is 14.1. The lowest BCUT2D eigenvalue weighted by Crippen LogP contribution is -2.20. The van der Waals surface area contributed by atoms with E-state index in [-0.39, 0.29) is 0 Å². The molecule has 160 valence electrons. The maximum atomic E-state index is 5.27. The van der Waals surface area contributed by atoms with Crippen LogP contribution in [0.15, 0.2) is 48.7 Å². The highest BCUT2D eigenvalue weighted by molar-refractivity contribution is 7.18. The minimum Gasteiger partial charge on any atom is -0.497 e. The summed E-state index contributed by atoms with van der Waals surface area (Å²) in [5.41, 5.74) is 3.77. The van der Waals surface area contributed by atoms with Gasteiger partial charge < -0.3 is 20.3 Å². The topological polar surface area (TPSA) is 88.1 Å². The number of anilines is 2. The summed E-state index contributed by atoms with van der Waals surface area (Å²) in [6.07, 6.45) is 1.67. The van der Waals surface area contributed by atoms with Crippen LogP contribution in [0.2, 0.25) is 0 Å². The molecule has 0 fully saturated rings. The maximum absolute atomic E-state index is 5.27. The molecule has 31 heavy (non-hydrogen) atoms. The van der Waals surface area contributed by atoms with Crippen LogP contribution in [0.3, 0.4) is 0 Å². The lowest BCUT2D eigenvalue weighted by molar-refractivity contribution is 0.415. The monoisotopic (exact) mass is 435 g/mol. The largest absolute Gasteiger partial charge is 0.497 e. The van der Waals surface area contributed by atoms with Gasteiger partial charge in [-0.05, 0) is 38.4 Å². The molecular formula is C22H25N7OS. The van der Waals surface area contributed by atoms with E-state index in [9.17, 15) is 0 Å². The van der Waals surface area contributed by atoms with Crippen molar-refractivity contribution in [2.45, 2.75) is 6.54 Å². The normalized spacial score (nSPS) is 11.1. The van der Waals surface area contributed by atoms with E-state index in [1.54, 1.807) is 24.6 Å². The number of hydrogen-bond donors (Lipinski definition) is 2. The third-order valence-electron chi connectivity index (χ3n) is 4.66. The minimum atomic E-state index is 0.475. The van der Waals surface area contributed by atoms with E-state index in [0.717, 1.165) is 51.0 Å². The molecule has 0 bridgehead atoms. The van der Waals surface area contributed by atoms with Crippen molar-refractivity contribution in [1.82, 2.24) is 25.1 Å². The Labute approximate surface area is 185 Å². The molecule has 0 aliphatic rings. The molecule has 0 saturated carbocycles. The van der Waals surface area contributed by atoms with Gasteiger partial charge in [0.2, 0.25) is 5.95 Å². The van der Waals surface area contributed by atoms with Crippen molar-refractivity contribution in [3.63, 3.8) is 0 Å². The summed E-state index contributed by atoms with van der Waals surface area (Å²) >= 11 is 1.63. The smallest absolute Gasteiger partial charge is 0.243 e. The predicted molar refractivity (Wildman–Crippen MR) is 126 cm³/mol. The van der Waals surface area contributed by atoms with Crippen molar-refractivity contribution in [2.24, 2.45) is 0 Å². The predicted octanol–water partition coefficient (Wildman–Crippen LogP) is 3.74. The van der Waals surface area contributed by atoms with E-state index in [4.69, 9.17) is 4.74 Å². The molecule has 0 radical (unpaired) electrons. The number of thiazole rings is 1. The first-order valence-corrected chi connectivity index (χ1v) is 10.8. The van der Waals surface area contributed by atoms with Gasteiger partial charge in [0.05, 0.1) is 35.8 Å². The molecule has 0 aliphatic heterocycles. The molecule has 2 aromatic heterocycles. The zero-order valence-electron chi connectivity index (χ0n) is 17.8. The Hall–Kier alpha value is -3.30. The molecule has 4 aromatic rings. The first-order chi connectivity index (χ1) is 15.1. The van der Waals surface area contributed by atoms with Gasteiger partial charge in [0.15, 0.2) is 0 Å². The summed E-state index contributed by atoms with van der Waals surface area (Å²) in [6.45, 7) is 2.41. The second-order valence-electron chi connectivity index (χ2n) is 7.27. The molecule has 0 unspecified atom stereocenters. The Morgan fingerprint density at radius 2 is 1.87 bits per heavy atom. The molecule has 0 spiro atoms. The zero-order valence-corrected chi connectivity index (χ0v) is 18.6. The third kappa shape index (κ3) is 5.44. The second-order valence-corrected chi connectivity index (χ2v) is 8.38. The van der Waals surface area contributed by atoms with Gasteiger partial charge in [0, 0.05) is 30.4 Å². The van der Waals surface area contributed by atoms with Crippen LogP contribution in [0, 0.1) is 0 Å². The molecule has 2 N–H and O–H groups in total. The van der Waals surface area contributed by atoms with Crippen LogP contribution in [-0.4, -0.2) is 59.4 Å². The van der Waals surface area contributed by atoms with E-state index in [2.05, 4.69) is 61.9 Å². The summed E-state index contributed by atoms with van der Waals surface area (Å²) in [7, 11) is 5.78. The number of aromatic nitrogens is 4. The number of fused-ring (bicyclic) bond motifs is 1. The fourth-order valence-electron chi connectivity index (χ4n) is 3.01. The number of methoxy groups -OCH3 is 1. The lowest BCUT2D eigenvalue weighted by atomic mass is 10.1. The number of rotatable bonds is 9. The number of benzene rings is 2. The van der Waals surface area contributed by atoms with Gasteiger partial charge >= 0.3 is 0 Å². The SMILES string of the molecule is COc1ccc2sc(CNc3nncc(-c4ccc(NCCN(C)C)cc4)n3)nc2c1. The van der Waals surface area contributed by atoms with Crippen LogP contribution >= 0.6 is 11.3 Å². The number of nitrogens with zero attached hydrogens (tertiary/aromatic N) is 5. The van der Waals surface area contributed by atoms with Gasteiger partial charge in [-0.1, -0.05) is 12.1 Å². The van der Waals surface area contributed by atoms with Crippen LogP contribution in [-0.2, 0) is 6.54 Å². The van der Waals surface area contributed by atoms with Crippen LogP contribution in [0.25, 0.3) is 21.5 Å². The Balaban J connectivity index is 1.40. The van der Waals surface area contributed by atoms with Gasteiger partial charge in [-0.25, -0.2) is 9.97 Å². The number of ether oxygens (including phenoxy) is 1. The van der Waals surface area contributed by atoms with Gasteiger partial charge in [0.25, 0.3) is 0 Å². The minimum absolute atomic E-state index is 0.475. The summed E-state index contributed by atoms with van der Waals surface area (Å²) in [5.74, 6) is 1.28. The molecule has 8 nitrogen and oxygen atoms in total. The average molecular weight is 436 g/mol. The van der Waals surface area contributed by atoms with Crippen LogP contribution in [0.1, 0.15) is 5.01 Å². The quantitative estimate of drug-likeness (QED) is 0.411. The molecule has 9 heteroatoms. The highest BCUT2D eigenvalue weighted by Gasteiger charge is 2.08. The van der Waals surface area contributed by atoms with Gasteiger partial charge in [-0.15, -0.1) is 16.4 Å². The van der Waals surface area contributed by atoms with E-state index in [1.807, 2.05) is 30.3 Å². The zero-order chi connectivity index (χ0) is 21.6. The van der Waals surface area contributed by atoms with Crippen LogP contribution < -0.4 is 15.4 Å². The van der Waals surface area contributed by atoms with Crippen molar-refractivity contribution >= 4 is 33.2 Å². The highest BCUT2D eigenvalue weighted by Crippen LogP contribution is 2.26. The second kappa shape index (κ2) is 9.67. The van der Waals surface area contributed by atoms with Crippen molar-refractivity contribution < 1.29 is 4.74 Å². The van der Waals surface area contributed by atoms with E-state index in [1.165, 1.54) is 0 Å².